The number of benzene rings is 1. The van der Waals surface area contributed by atoms with Gasteiger partial charge in [0.1, 0.15) is 6.07 Å². The van der Waals surface area contributed by atoms with Crippen molar-refractivity contribution < 1.29 is 8.78 Å². The third-order valence-electron chi connectivity index (χ3n) is 1.36. The van der Waals surface area contributed by atoms with Crippen LogP contribution in [0.15, 0.2) is 18.2 Å². The second-order valence-corrected chi connectivity index (χ2v) is 2.56. The lowest BCUT2D eigenvalue weighted by Gasteiger charge is -1.99. The van der Waals surface area contributed by atoms with Gasteiger partial charge in [-0.05, 0) is 12.1 Å². The summed E-state index contributed by atoms with van der Waals surface area (Å²) in [7, 11) is 0. The molecule has 1 rings (SSSR count). The van der Waals surface area contributed by atoms with Gasteiger partial charge in [-0.3, -0.25) is 0 Å². The Bertz CT molecular complexity index is 330. The summed E-state index contributed by atoms with van der Waals surface area (Å²) >= 11 is 5.53. The first-order valence-corrected chi connectivity index (χ1v) is 3.50. The third kappa shape index (κ3) is 1.72. The molecule has 0 heterocycles. The average molecular weight is 188 g/mol. The van der Waals surface area contributed by atoms with E-state index in [-0.39, 0.29) is 16.1 Å². The van der Waals surface area contributed by atoms with Crippen molar-refractivity contribution in [2.45, 2.75) is 6.43 Å². The zero-order chi connectivity index (χ0) is 9.14. The predicted octanol–water partition coefficient (Wildman–Crippen LogP) is 3.15. The molecule has 0 radical (unpaired) electrons. The second-order valence-electron chi connectivity index (χ2n) is 2.15. The first kappa shape index (κ1) is 8.95. The van der Waals surface area contributed by atoms with Crippen molar-refractivity contribution in [3.63, 3.8) is 0 Å². The number of rotatable bonds is 1. The molecule has 0 unspecified atom stereocenters. The zero-order valence-corrected chi connectivity index (χ0v) is 6.65. The molecule has 0 amide bonds. The number of nitrogens with zero attached hydrogens (tertiary/aromatic N) is 1. The van der Waals surface area contributed by atoms with Crippen LogP contribution >= 0.6 is 11.6 Å². The SMILES string of the molecule is N#Cc1cc(C(F)F)ccc1Cl. The van der Waals surface area contributed by atoms with E-state index in [1.807, 2.05) is 0 Å². The molecule has 0 aromatic heterocycles. The van der Waals surface area contributed by atoms with E-state index in [2.05, 4.69) is 0 Å². The van der Waals surface area contributed by atoms with E-state index in [1.54, 1.807) is 6.07 Å². The maximum atomic E-state index is 12.1. The lowest BCUT2D eigenvalue weighted by molar-refractivity contribution is 0.151. The van der Waals surface area contributed by atoms with E-state index in [9.17, 15) is 8.78 Å². The van der Waals surface area contributed by atoms with Crippen molar-refractivity contribution in [1.82, 2.24) is 0 Å². The Balaban J connectivity index is 3.16. The van der Waals surface area contributed by atoms with Gasteiger partial charge in [-0.25, -0.2) is 8.78 Å². The molecule has 0 saturated carbocycles. The number of halogens is 3. The standard InChI is InChI=1S/C8H4ClF2N/c9-7-2-1-5(8(10)11)3-6(7)4-12/h1-3,8H. The summed E-state index contributed by atoms with van der Waals surface area (Å²) in [5, 5.41) is 8.64. The van der Waals surface area contributed by atoms with Gasteiger partial charge in [0, 0.05) is 5.56 Å². The fourth-order valence-electron chi connectivity index (χ4n) is 0.764. The summed E-state index contributed by atoms with van der Waals surface area (Å²) in [4.78, 5) is 0. The molecule has 1 aromatic carbocycles. The van der Waals surface area contributed by atoms with E-state index < -0.39 is 6.43 Å². The maximum Gasteiger partial charge on any atom is 0.263 e. The second kappa shape index (κ2) is 3.51. The Morgan fingerprint density at radius 1 is 1.42 bits per heavy atom. The van der Waals surface area contributed by atoms with E-state index in [1.165, 1.54) is 12.1 Å². The predicted molar refractivity (Wildman–Crippen MR) is 41.1 cm³/mol. The molecule has 62 valence electrons. The molecule has 0 saturated heterocycles. The molecule has 0 aliphatic heterocycles. The van der Waals surface area contributed by atoms with Gasteiger partial charge in [0.25, 0.3) is 6.43 Å². The van der Waals surface area contributed by atoms with Gasteiger partial charge in [0.2, 0.25) is 0 Å². The molecule has 1 aromatic rings. The lowest BCUT2D eigenvalue weighted by atomic mass is 10.1. The van der Waals surface area contributed by atoms with Gasteiger partial charge in [-0.2, -0.15) is 5.26 Å². The van der Waals surface area contributed by atoms with Gasteiger partial charge in [-0.1, -0.05) is 17.7 Å². The van der Waals surface area contributed by atoms with Gasteiger partial charge in [-0.15, -0.1) is 0 Å². The molecule has 0 spiro atoms. The average Bonchev–Trinajstić information content (AvgIpc) is 2.05. The van der Waals surface area contributed by atoms with Crippen LogP contribution in [0, 0.1) is 11.3 Å². The Kier molecular flexibility index (Phi) is 2.61. The van der Waals surface area contributed by atoms with Crippen LogP contribution in [0.2, 0.25) is 5.02 Å². The summed E-state index contributed by atoms with van der Waals surface area (Å²) in [6.07, 6.45) is -2.56. The van der Waals surface area contributed by atoms with Crippen LogP contribution in [0.4, 0.5) is 8.78 Å². The summed E-state index contributed by atoms with van der Waals surface area (Å²) in [5.74, 6) is 0. The van der Waals surface area contributed by atoms with Crippen LogP contribution in [-0.2, 0) is 0 Å². The van der Waals surface area contributed by atoms with Crippen LogP contribution in [-0.4, -0.2) is 0 Å². The topological polar surface area (TPSA) is 23.8 Å². The number of alkyl halides is 2. The quantitative estimate of drug-likeness (QED) is 0.663. The van der Waals surface area contributed by atoms with Crippen LogP contribution in [0.25, 0.3) is 0 Å². The fourth-order valence-corrected chi connectivity index (χ4v) is 0.924. The highest BCUT2D eigenvalue weighted by Gasteiger charge is 2.08. The highest BCUT2D eigenvalue weighted by molar-refractivity contribution is 6.31. The smallest absolute Gasteiger partial charge is 0.205 e. The molecule has 0 fully saturated rings. The first-order chi connectivity index (χ1) is 5.65. The zero-order valence-electron chi connectivity index (χ0n) is 5.89. The van der Waals surface area contributed by atoms with Crippen molar-refractivity contribution in [3.8, 4) is 6.07 Å². The Labute approximate surface area is 73.2 Å². The van der Waals surface area contributed by atoms with Crippen LogP contribution < -0.4 is 0 Å². The fraction of sp³-hybridized carbons (Fsp3) is 0.125. The monoisotopic (exact) mass is 187 g/mol. The molecule has 0 atom stereocenters. The van der Waals surface area contributed by atoms with Crippen LogP contribution in [0.5, 0.6) is 0 Å². The largest absolute Gasteiger partial charge is 0.263 e. The molecule has 4 heteroatoms. The normalized spacial score (nSPS) is 9.92. The molecular weight excluding hydrogens is 184 g/mol. The van der Waals surface area contributed by atoms with E-state index >= 15 is 0 Å². The van der Waals surface area contributed by atoms with Gasteiger partial charge >= 0.3 is 0 Å². The molecule has 0 aliphatic carbocycles. The maximum absolute atomic E-state index is 12.1. The van der Waals surface area contributed by atoms with E-state index in [0.717, 1.165) is 6.07 Å². The number of hydrogen-bond acceptors (Lipinski definition) is 1. The third-order valence-corrected chi connectivity index (χ3v) is 1.69. The Morgan fingerprint density at radius 3 is 2.58 bits per heavy atom. The van der Waals surface area contributed by atoms with Crippen molar-refractivity contribution in [2.24, 2.45) is 0 Å². The highest BCUT2D eigenvalue weighted by atomic mass is 35.5. The number of nitriles is 1. The molecular formula is C8H4ClF2N. The summed E-state index contributed by atoms with van der Waals surface area (Å²) in [6, 6.07) is 5.31. The Hall–Kier alpha value is -1.14. The van der Waals surface area contributed by atoms with E-state index in [4.69, 9.17) is 16.9 Å². The minimum atomic E-state index is -2.56. The van der Waals surface area contributed by atoms with Gasteiger partial charge < -0.3 is 0 Å². The first-order valence-electron chi connectivity index (χ1n) is 3.13. The summed E-state index contributed by atoms with van der Waals surface area (Å²) in [5.41, 5.74) is -0.106. The molecule has 0 bridgehead atoms. The van der Waals surface area contributed by atoms with Crippen molar-refractivity contribution in [2.75, 3.05) is 0 Å². The number of hydrogen-bond donors (Lipinski definition) is 0. The summed E-state index contributed by atoms with van der Waals surface area (Å²) in [6.45, 7) is 0. The molecule has 0 N–H and O–H groups in total. The van der Waals surface area contributed by atoms with Gasteiger partial charge in [0.05, 0.1) is 10.6 Å². The minimum absolute atomic E-state index is 0.0782. The molecule has 12 heavy (non-hydrogen) atoms. The molecule has 0 aliphatic rings. The van der Waals surface area contributed by atoms with Crippen molar-refractivity contribution in [1.29, 1.82) is 5.26 Å². The lowest BCUT2D eigenvalue weighted by Crippen LogP contribution is -1.85. The molecule has 1 nitrogen and oxygen atoms in total. The summed E-state index contributed by atoms with van der Waals surface area (Å²) < 4.78 is 24.1. The van der Waals surface area contributed by atoms with Crippen LogP contribution in [0.1, 0.15) is 17.6 Å². The van der Waals surface area contributed by atoms with Crippen molar-refractivity contribution in [3.05, 3.63) is 34.3 Å². The van der Waals surface area contributed by atoms with Crippen LogP contribution in [0.3, 0.4) is 0 Å². The van der Waals surface area contributed by atoms with E-state index in [0.29, 0.717) is 0 Å². The Morgan fingerprint density at radius 2 is 2.08 bits per heavy atom. The highest BCUT2D eigenvalue weighted by Crippen LogP contribution is 2.23. The van der Waals surface area contributed by atoms with Crippen molar-refractivity contribution >= 4 is 11.6 Å². The van der Waals surface area contributed by atoms with Gasteiger partial charge in [0.15, 0.2) is 0 Å². The minimum Gasteiger partial charge on any atom is -0.205 e.